The number of aromatic nitrogens is 2. The minimum absolute atomic E-state index is 0.487. The van der Waals surface area contributed by atoms with E-state index in [0.717, 1.165) is 28.3 Å². The SMILES string of the molecule is Cc1cccc(Cl)c1Nc1cc(-c2ccccc2)nc(NC2CC2)n1. The van der Waals surface area contributed by atoms with Gasteiger partial charge in [-0.3, -0.25) is 0 Å². The van der Waals surface area contributed by atoms with Crippen molar-refractivity contribution >= 4 is 29.1 Å². The van der Waals surface area contributed by atoms with Crippen LogP contribution in [0.3, 0.4) is 0 Å². The lowest BCUT2D eigenvalue weighted by molar-refractivity contribution is 1.06. The summed E-state index contributed by atoms with van der Waals surface area (Å²) in [6, 6.07) is 18.4. The van der Waals surface area contributed by atoms with E-state index in [2.05, 4.69) is 20.6 Å². The van der Waals surface area contributed by atoms with Crippen molar-refractivity contribution in [2.45, 2.75) is 25.8 Å². The quantitative estimate of drug-likeness (QED) is 0.644. The number of benzene rings is 2. The molecule has 2 N–H and O–H groups in total. The summed E-state index contributed by atoms with van der Waals surface area (Å²) in [4.78, 5) is 9.30. The summed E-state index contributed by atoms with van der Waals surface area (Å²) in [5, 5.41) is 7.43. The fourth-order valence-corrected chi connectivity index (χ4v) is 2.93. The third-order valence-corrected chi connectivity index (χ3v) is 4.50. The average molecular weight is 351 g/mol. The lowest BCUT2D eigenvalue weighted by atomic mass is 10.1. The Balaban J connectivity index is 1.73. The number of hydrogen-bond donors (Lipinski definition) is 2. The highest BCUT2D eigenvalue weighted by Gasteiger charge is 2.22. The molecule has 1 aliphatic carbocycles. The summed E-state index contributed by atoms with van der Waals surface area (Å²) in [6.45, 7) is 2.02. The smallest absolute Gasteiger partial charge is 0.225 e. The van der Waals surface area contributed by atoms with E-state index in [1.54, 1.807) is 0 Å². The standard InChI is InChI=1S/C20H19ClN4/c1-13-6-5-9-16(21)19(13)24-18-12-17(14-7-3-2-4-8-14)23-20(25-18)22-15-10-11-15/h2-9,12,15H,10-11H2,1H3,(H2,22,23,24,25). The Labute approximate surface area is 152 Å². The van der Waals surface area contributed by atoms with Crippen molar-refractivity contribution in [2.24, 2.45) is 0 Å². The lowest BCUT2D eigenvalue weighted by Gasteiger charge is -2.13. The van der Waals surface area contributed by atoms with E-state index in [-0.39, 0.29) is 0 Å². The minimum Gasteiger partial charge on any atom is -0.351 e. The second-order valence-electron chi connectivity index (χ2n) is 6.30. The molecular formula is C20H19ClN4. The Kier molecular flexibility index (Phi) is 4.28. The molecule has 0 aliphatic heterocycles. The van der Waals surface area contributed by atoms with Crippen LogP contribution in [0, 0.1) is 6.92 Å². The van der Waals surface area contributed by atoms with Crippen LogP contribution in [0.2, 0.25) is 5.02 Å². The number of anilines is 3. The Morgan fingerprint density at radius 3 is 2.52 bits per heavy atom. The molecule has 1 aliphatic rings. The molecule has 5 heteroatoms. The van der Waals surface area contributed by atoms with Gasteiger partial charge in [-0.05, 0) is 31.4 Å². The van der Waals surface area contributed by atoms with Gasteiger partial charge in [0.2, 0.25) is 5.95 Å². The highest BCUT2D eigenvalue weighted by Crippen LogP contribution is 2.31. The molecule has 25 heavy (non-hydrogen) atoms. The minimum atomic E-state index is 0.487. The van der Waals surface area contributed by atoms with Crippen molar-refractivity contribution in [3.63, 3.8) is 0 Å². The molecular weight excluding hydrogens is 332 g/mol. The van der Waals surface area contributed by atoms with Crippen molar-refractivity contribution in [3.8, 4) is 11.3 Å². The summed E-state index contributed by atoms with van der Waals surface area (Å²) >= 11 is 6.35. The van der Waals surface area contributed by atoms with E-state index < -0.39 is 0 Å². The van der Waals surface area contributed by atoms with E-state index in [9.17, 15) is 0 Å². The Hall–Kier alpha value is -2.59. The maximum absolute atomic E-state index is 6.35. The highest BCUT2D eigenvalue weighted by atomic mass is 35.5. The first-order valence-electron chi connectivity index (χ1n) is 8.42. The summed E-state index contributed by atoms with van der Waals surface area (Å²) in [5.41, 5.74) is 3.89. The molecule has 4 rings (SSSR count). The third-order valence-electron chi connectivity index (χ3n) is 4.18. The second kappa shape index (κ2) is 6.73. The van der Waals surface area contributed by atoms with Gasteiger partial charge in [0.05, 0.1) is 16.4 Å². The van der Waals surface area contributed by atoms with Crippen LogP contribution in [0.15, 0.2) is 54.6 Å². The van der Waals surface area contributed by atoms with Gasteiger partial charge in [0.1, 0.15) is 5.82 Å². The summed E-state index contributed by atoms with van der Waals surface area (Å²) in [6.07, 6.45) is 2.34. The molecule has 0 amide bonds. The molecule has 1 aromatic heterocycles. The van der Waals surface area contributed by atoms with Crippen molar-refractivity contribution in [1.29, 1.82) is 0 Å². The van der Waals surface area contributed by atoms with E-state index >= 15 is 0 Å². The summed E-state index contributed by atoms with van der Waals surface area (Å²) in [5.74, 6) is 1.38. The van der Waals surface area contributed by atoms with Crippen molar-refractivity contribution in [2.75, 3.05) is 10.6 Å². The van der Waals surface area contributed by atoms with Gasteiger partial charge in [0, 0.05) is 17.7 Å². The number of hydrogen-bond acceptors (Lipinski definition) is 4. The van der Waals surface area contributed by atoms with Crippen LogP contribution in [0.5, 0.6) is 0 Å². The maximum atomic E-state index is 6.35. The van der Waals surface area contributed by atoms with Crippen LogP contribution in [0.4, 0.5) is 17.5 Å². The van der Waals surface area contributed by atoms with Crippen molar-refractivity contribution in [1.82, 2.24) is 9.97 Å². The molecule has 0 radical (unpaired) electrons. The number of nitrogens with one attached hydrogen (secondary N) is 2. The zero-order valence-corrected chi connectivity index (χ0v) is 14.7. The molecule has 1 saturated carbocycles. The molecule has 1 fully saturated rings. The van der Waals surface area contributed by atoms with E-state index in [4.69, 9.17) is 11.6 Å². The molecule has 3 aromatic rings. The Bertz CT molecular complexity index is 871. The molecule has 0 spiro atoms. The van der Waals surface area contributed by atoms with Gasteiger partial charge in [0.15, 0.2) is 0 Å². The lowest BCUT2D eigenvalue weighted by Crippen LogP contribution is -2.08. The number of rotatable bonds is 5. The normalized spacial score (nSPS) is 13.5. The predicted octanol–water partition coefficient (Wildman–Crippen LogP) is 5.42. The first-order chi connectivity index (χ1) is 12.2. The molecule has 4 nitrogen and oxygen atoms in total. The van der Waals surface area contributed by atoms with Gasteiger partial charge in [-0.25, -0.2) is 4.98 Å². The van der Waals surface area contributed by atoms with Crippen LogP contribution in [-0.4, -0.2) is 16.0 Å². The summed E-state index contributed by atoms with van der Waals surface area (Å²) < 4.78 is 0. The van der Waals surface area contributed by atoms with Crippen molar-refractivity contribution < 1.29 is 0 Å². The molecule has 126 valence electrons. The molecule has 0 saturated heterocycles. The van der Waals surface area contributed by atoms with E-state index in [0.29, 0.717) is 17.0 Å². The Morgan fingerprint density at radius 1 is 1.00 bits per heavy atom. The van der Waals surface area contributed by atoms with E-state index in [1.165, 1.54) is 12.8 Å². The van der Waals surface area contributed by atoms with Gasteiger partial charge >= 0.3 is 0 Å². The molecule has 1 heterocycles. The van der Waals surface area contributed by atoms with Gasteiger partial charge in [-0.1, -0.05) is 54.1 Å². The van der Waals surface area contributed by atoms with Gasteiger partial charge in [0.25, 0.3) is 0 Å². The van der Waals surface area contributed by atoms with Crippen LogP contribution in [0.1, 0.15) is 18.4 Å². The molecule has 0 unspecified atom stereocenters. The van der Waals surface area contributed by atoms with Crippen LogP contribution < -0.4 is 10.6 Å². The number of halogens is 1. The Morgan fingerprint density at radius 2 is 1.80 bits per heavy atom. The van der Waals surface area contributed by atoms with Gasteiger partial charge in [-0.2, -0.15) is 4.98 Å². The van der Waals surface area contributed by atoms with Gasteiger partial charge < -0.3 is 10.6 Å². The largest absolute Gasteiger partial charge is 0.351 e. The van der Waals surface area contributed by atoms with Crippen LogP contribution >= 0.6 is 11.6 Å². The van der Waals surface area contributed by atoms with E-state index in [1.807, 2.05) is 61.5 Å². The fraction of sp³-hybridized carbons (Fsp3) is 0.200. The number of aryl methyl sites for hydroxylation is 1. The molecule has 0 bridgehead atoms. The monoisotopic (exact) mass is 350 g/mol. The highest BCUT2D eigenvalue weighted by molar-refractivity contribution is 6.33. The second-order valence-corrected chi connectivity index (χ2v) is 6.71. The zero-order chi connectivity index (χ0) is 17.2. The van der Waals surface area contributed by atoms with Crippen LogP contribution in [0.25, 0.3) is 11.3 Å². The molecule has 2 aromatic carbocycles. The topological polar surface area (TPSA) is 49.8 Å². The summed E-state index contributed by atoms with van der Waals surface area (Å²) in [7, 11) is 0. The maximum Gasteiger partial charge on any atom is 0.225 e. The molecule has 0 atom stereocenters. The predicted molar refractivity (Wildman–Crippen MR) is 104 cm³/mol. The first kappa shape index (κ1) is 15.9. The van der Waals surface area contributed by atoms with Crippen LogP contribution in [-0.2, 0) is 0 Å². The number of nitrogens with zero attached hydrogens (tertiary/aromatic N) is 2. The zero-order valence-electron chi connectivity index (χ0n) is 14.0. The number of para-hydroxylation sites is 1. The first-order valence-corrected chi connectivity index (χ1v) is 8.80. The van der Waals surface area contributed by atoms with Gasteiger partial charge in [-0.15, -0.1) is 0 Å². The third kappa shape index (κ3) is 3.74. The fourth-order valence-electron chi connectivity index (χ4n) is 2.66. The van der Waals surface area contributed by atoms with Crippen molar-refractivity contribution in [3.05, 3.63) is 65.2 Å². The average Bonchev–Trinajstić information content (AvgIpc) is 3.43.